The van der Waals surface area contributed by atoms with Crippen molar-refractivity contribution in [3.63, 3.8) is 0 Å². The third kappa shape index (κ3) is 4.23. The summed E-state index contributed by atoms with van der Waals surface area (Å²) in [5.41, 5.74) is 5.44. The van der Waals surface area contributed by atoms with Crippen molar-refractivity contribution >= 4 is 12.4 Å². The largest absolute Gasteiger partial charge is 0.256 e. The van der Waals surface area contributed by atoms with Gasteiger partial charge >= 0.3 is 0 Å². The molecule has 3 aromatic rings. The van der Waals surface area contributed by atoms with Gasteiger partial charge in [0, 0.05) is 44.6 Å². The Balaban J connectivity index is 0.00000110. The van der Waals surface area contributed by atoms with Gasteiger partial charge in [-0.1, -0.05) is 12.1 Å². The molecule has 0 aliphatic heterocycles. The van der Waals surface area contributed by atoms with Gasteiger partial charge in [0.25, 0.3) is 0 Å². The van der Waals surface area contributed by atoms with Gasteiger partial charge in [0.2, 0.25) is 0 Å². The molecule has 0 aliphatic rings. The molecule has 2 heterocycles. The first-order valence-electron chi connectivity index (χ1n) is 6.27. The normalized spacial score (nSPS) is 9.38. The zero-order valence-electron chi connectivity index (χ0n) is 11.5. The van der Waals surface area contributed by atoms with Crippen molar-refractivity contribution in [3.05, 3.63) is 72.6 Å². The van der Waals surface area contributed by atoms with Crippen LogP contribution in [-0.4, -0.2) is 9.97 Å². The Morgan fingerprint density at radius 2 is 1.19 bits per heavy atom. The molecule has 110 valence electrons. The molecule has 3 rings (SSSR count). The predicted octanol–water partition coefficient (Wildman–Crippen LogP) is 4.54. The van der Waals surface area contributed by atoms with Crippen molar-refractivity contribution in [2.24, 2.45) is 0 Å². The molecule has 2 nitrogen and oxygen atoms in total. The number of aryl methyl sites for hydroxylation is 1. The van der Waals surface area contributed by atoms with Crippen LogP contribution in [0.2, 0.25) is 0 Å². The average Bonchev–Trinajstić information content (AvgIpc) is 2.48. The van der Waals surface area contributed by atoms with E-state index in [9.17, 15) is 0 Å². The van der Waals surface area contributed by atoms with Crippen LogP contribution in [0.3, 0.4) is 0 Å². The van der Waals surface area contributed by atoms with E-state index in [1.54, 1.807) is 0 Å². The van der Waals surface area contributed by atoms with E-state index in [4.69, 9.17) is 0 Å². The van der Waals surface area contributed by atoms with E-state index >= 15 is 0 Å². The van der Waals surface area contributed by atoms with Crippen LogP contribution in [0.5, 0.6) is 0 Å². The van der Waals surface area contributed by atoms with E-state index in [2.05, 4.69) is 35.1 Å². The smallest absolute Gasteiger partial charge is 0.0702 e. The molecule has 0 radical (unpaired) electrons. The number of nitrogens with zero attached hydrogens (tertiary/aromatic N) is 2. The number of aromatic nitrogens is 2. The predicted molar refractivity (Wildman–Crippen MR) is 84.9 cm³/mol. The van der Waals surface area contributed by atoms with Crippen molar-refractivity contribution in [2.45, 2.75) is 6.92 Å². The van der Waals surface area contributed by atoms with E-state index in [1.165, 1.54) is 5.56 Å². The van der Waals surface area contributed by atoms with Gasteiger partial charge in [-0.15, -0.1) is 12.4 Å². The average molecular weight is 478 g/mol. The third-order valence-corrected chi connectivity index (χ3v) is 3.00. The molecule has 0 saturated heterocycles. The van der Waals surface area contributed by atoms with Crippen LogP contribution >= 0.6 is 12.4 Å². The standard InChI is InChI=1S/C17H14N2.ClH.Pt/c1-13-10-14(16-6-2-4-8-18-16)12-15(11-13)17-7-3-5-9-19-17;;/h2-12H,1H3;1H;. The van der Waals surface area contributed by atoms with Crippen molar-refractivity contribution < 1.29 is 21.1 Å². The molecule has 0 amide bonds. The number of pyridine rings is 2. The molecule has 0 bridgehead atoms. The zero-order valence-corrected chi connectivity index (χ0v) is 14.6. The van der Waals surface area contributed by atoms with Gasteiger partial charge in [-0.05, 0) is 55.0 Å². The minimum Gasteiger partial charge on any atom is -0.256 e. The summed E-state index contributed by atoms with van der Waals surface area (Å²) in [7, 11) is 0. The van der Waals surface area contributed by atoms with Crippen LogP contribution in [0.15, 0.2) is 67.0 Å². The monoisotopic (exact) mass is 477 g/mol. The summed E-state index contributed by atoms with van der Waals surface area (Å²) < 4.78 is 0. The van der Waals surface area contributed by atoms with Crippen molar-refractivity contribution in [3.8, 4) is 22.5 Å². The number of hydrogen-bond acceptors (Lipinski definition) is 2. The maximum atomic E-state index is 4.40. The van der Waals surface area contributed by atoms with E-state index in [1.807, 2.05) is 48.8 Å². The molecule has 0 fully saturated rings. The summed E-state index contributed by atoms with van der Waals surface area (Å²) in [6, 6.07) is 18.4. The Morgan fingerprint density at radius 1 is 0.714 bits per heavy atom. The maximum Gasteiger partial charge on any atom is 0.0702 e. The number of benzene rings is 1. The third-order valence-electron chi connectivity index (χ3n) is 3.00. The molecule has 4 heteroatoms. The summed E-state index contributed by atoms with van der Waals surface area (Å²) >= 11 is 0. The maximum absolute atomic E-state index is 4.40. The molecule has 2 aromatic heterocycles. The molecule has 0 spiro atoms. The Labute approximate surface area is 145 Å². The molecule has 21 heavy (non-hydrogen) atoms. The molecule has 0 saturated carbocycles. The van der Waals surface area contributed by atoms with Gasteiger partial charge in [-0.2, -0.15) is 0 Å². The summed E-state index contributed by atoms with van der Waals surface area (Å²) in [4.78, 5) is 8.81. The van der Waals surface area contributed by atoms with Crippen molar-refractivity contribution in [1.82, 2.24) is 9.97 Å². The summed E-state index contributed by atoms with van der Waals surface area (Å²) in [5.74, 6) is 0. The van der Waals surface area contributed by atoms with Crippen LogP contribution in [0.25, 0.3) is 22.5 Å². The molecule has 0 atom stereocenters. The quantitative estimate of drug-likeness (QED) is 0.542. The molecule has 0 unspecified atom stereocenters. The molecule has 0 N–H and O–H groups in total. The summed E-state index contributed by atoms with van der Waals surface area (Å²) in [5, 5.41) is 0. The second kappa shape index (κ2) is 8.07. The first-order chi connectivity index (χ1) is 9.33. The molecular formula is C17H15ClN2Pt. The van der Waals surface area contributed by atoms with E-state index in [0.717, 1.165) is 22.5 Å². The molecular weight excluding hydrogens is 463 g/mol. The summed E-state index contributed by atoms with van der Waals surface area (Å²) in [6.45, 7) is 2.10. The Hall–Kier alpha value is -1.50. The van der Waals surface area contributed by atoms with Crippen molar-refractivity contribution in [1.29, 1.82) is 0 Å². The van der Waals surface area contributed by atoms with E-state index < -0.39 is 0 Å². The van der Waals surface area contributed by atoms with E-state index in [0.29, 0.717) is 0 Å². The first kappa shape index (κ1) is 17.5. The SMILES string of the molecule is Cc1cc(-c2ccccn2)cc(-c2ccccn2)c1.Cl.[Pt]. The molecule has 0 aliphatic carbocycles. The number of halogens is 1. The Kier molecular flexibility index (Phi) is 6.74. The van der Waals surface area contributed by atoms with Crippen LogP contribution < -0.4 is 0 Å². The molecule has 1 aromatic carbocycles. The minimum atomic E-state index is 0. The Morgan fingerprint density at radius 3 is 1.57 bits per heavy atom. The van der Waals surface area contributed by atoms with Crippen LogP contribution in [0, 0.1) is 6.92 Å². The van der Waals surface area contributed by atoms with Crippen LogP contribution in [0.1, 0.15) is 5.56 Å². The fraction of sp³-hybridized carbons (Fsp3) is 0.0588. The van der Waals surface area contributed by atoms with Crippen LogP contribution in [0.4, 0.5) is 0 Å². The first-order valence-corrected chi connectivity index (χ1v) is 6.27. The topological polar surface area (TPSA) is 25.8 Å². The van der Waals surface area contributed by atoms with Gasteiger partial charge in [-0.3, -0.25) is 9.97 Å². The van der Waals surface area contributed by atoms with Gasteiger partial charge in [-0.25, -0.2) is 0 Å². The van der Waals surface area contributed by atoms with Crippen LogP contribution in [-0.2, 0) is 21.1 Å². The van der Waals surface area contributed by atoms with Gasteiger partial charge in [0.15, 0.2) is 0 Å². The summed E-state index contributed by atoms with van der Waals surface area (Å²) in [6.07, 6.45) is 3.64. The second-order valence-electron chi connectivity index (χ2n) is 4.52. The Bertz CT molecular complexity index is 630. The fourth-order valence-electron chi connectivity index (χ4n) is 2.15. The minimum absolute atomic E-state index is 0. The fourth-order valence-corrected chi connectivity index (χ4v) is 2.15. The number of hydrogen-bond donors (Lipinski definition) is 0. The number of rotatable bonds is 2. The van der Waals surface area contributed by atoms with Gasteiger partial charge in [0.05, 0.1) is 11.4 Å². The zero-order chi connectivity index (χ0) is 13.1. The van der Waals surface area contributed by atoms with Crippen molar-refractivity contribution in [2.75, 3.05) is 0 Å². The second-order valence-corrected chi connectivity index (χ2v) is 4.52. The van der Waals surface area contributed by atoms with Gasteiger partial charge < -0.3 is 0 Å². The van der Waals surface area contributed by atoms with E-state index in [-0.39, 0.29) is 33.5 Å². The van der Waals surface area contributed by atoms with Gasteiger partial charge in [0.1, 0.15) is 0 Å².